The number of aromatic nitrogens is 1. The van der Waals surface area contributed by atoms with Gasteiger partial charge in [-0.05, 0) is 42.3 Å². The number of halogens is 1. The Labute approximate surface area is 111 Å². The van der Waals surface area contributed by atoms with Gasteiger partial charge in [0.25, 0.3) is 0 Å². The zero-order valence-corrected chi connectivity index (χ0v) is 10.7. The van der Waals surface area contributed by atoms with E-state index in [0.29, 0.717) is 24.2 Å². The number of nitrogens with one attached hydrogen (secondary N) is 1. The number of rotatable bonds is 4. The Balaban J connectivity index is 2.00. The topological polar surface area (TPSA) is 48.7 Å². The number of hydrogen-bond acceptors (Lipinski definition) is 3. The Hall–Kier alpha value is -2.25. The van der Waals surface area contributed by atoms with Crippen LogP contribution in [0.15, 0.2) is 36.7 Å². The molecule has 1 aromatic heterocycles. The van der Waals surface area contributed by atoms with Crippen molar-refractivity contribution in [3.05, 3.63) is 64.7 Å². The van der Waals surface area contributed by atoms with Gasteiger partial charge in [-0.1, -0.05) is 0 Å². The second-order valence-corrected chi connectivity index (χ2v) is 4.32. The van der Waals surface area contributed by atoms with E-state index in [9.17, 15) is 4.39 Å². The molecule has 0 radical (unpaired) electrons. The van der Waals surface area contributed by atoms with E-state index in [1.807, 2.05) is 19.1 Å². The molecule has 1 N–H and O–H groups in total. The lowest BCUT2D eigenvalue weighted by Gasteiger charge is -2.08. The van der Waals surface area contributed by atoms with Gasteiger partial charge in [-0.3, -0.25) is 4.98 Å². The molecule has 0 saturated carbocycles. The molecule has 3 nitrogen and oxygen atoms in total. The van der Waals surface area contributed by atoms with Crippen LogP contribution >= 0.6 is 0 Å². The molecular weight excluding hydrogens is 241 g/mol. The maximum absolute atomic E-state index is 13.6. The van der Waals surface area contributed by atoms with Gasteiger partial charge in [-0.25, -0.2) is 4.39 Å². The van der Waals surface area contributed by atoms with Crippen LogP contribution < -0.4 is 5.32 Å². The molecule has 19 heavy (non-hydrogen) atoms. The van der Waals surface area contributed by atoms with E-state index in [-0.39, 0.29) is 5.82 Å². The monoisotopic (exact) mass is 255 g/mol. The first-order chi connectivity index (χ1) is 9.20. The van der Waals surface area contributed by atoms with Crippen LogP contribution in [0.1, 0.15) is 22.3 Å². The molecule has 4 heteroatoms. The zero-order valence-electron chi connectivity index (χ0n) is 10.7. The van der Waals surface area contributed by atoms with Crippen LogP contribution in [0.3, 0.4) is 0 Å². The molecule has 0 unspecified atom stereocenters. The smallest absolute Gasteiger partial charge is 0.127 e. The van der Waals surface area contributed by atoms with E-state index in [2.05, 4.69) is 10.3 Å². The molecule has 0 aliphatic heterocycles. The van der Waals surface area contributed by atoms with Crippen LogP contribution in [0.5, 0.6) is 0 Å². The highest BCUT2D eigenvalue weighted by Gasteiger charge is 2.04. The van der Waals surface area contributed by atoms with Crippen molar-refractivity contribution in [2.45, 2.75) is 20.0 Å². The summed E-state index contributed by atoms with van der Waals surface area (Å²) >= 11 is 0. The largest absolute Gasteiger partial charge is 0.308 e. The standard InChI is InChI=1S/C15H14FN3/c1-11-8-18-5-4-13(11)9-19-10-14-6-12(7-17)2-3-15(14)16/h2-6,8,19H,9-10H2,1H3. The van der Waals surface area contributed by atoms with Gasteiger partial charge < -0.3 is 5.32 Å². The number of hydrogen-bond donors (Lipinski definition) is 1. The fourth-order valence-corrected chi connectivity index (χ4v) is 1.81. The third-order valence-corrected chi connectivity index (χ3v) is 2.94. The number of nitrogens with zero attached hydrogens (tertiary/aromatic N) is 2. The van der Waals surface area contributed by atoms with E-state index in [0.717, 1.165) is 11.1 Å². The molecule has 0 amide bonds. The maximum Gasteiger partial charge on any atom is 0.127 e. The Bertz CT molecular complexity index is 617. The fourth-order valence-electron chi connectivity index (χ4n) is 1.81. The van der Waals surface area contributed by atoms with Crippen molar-refractivity contribution < 1.29 is 4.39 Å². The van der Waals surface area contributed by atoms with Crippen LogP contribution in [0, 0.1) is 24.1 Å². The Morgan fingerprint density at radius 3 is 2.79 bits per heavy atom. The summed E-state index contributed by atoms with van der Waals surface area (Å²) in [5.41, 5.74) is 3.21. The minimum Gasteiger partial charge on any atom is -0.308 e. The highest BCUT2D eigenvalue weighted by molar-refractivity contribution is 5.33. The molecule has 1 aromatic carbocycles. The molecule has 0 aliphatic rings. The number of benzene rings is 1. The van der Waals surface area contributed by atoms with Gasteiger partial charge in [0.15, 0.2) is 0 Å². The third kappa shape index (κ3) is 3.36. The summed E-state index contributed by atoms with van der Waals surface area (Å²) in [7, 11) is 0. The first kappa shape index (κ1) is 13.2. The highest BCUT2D eigenvalue weighted by Crippen LogP contribution is 2.11. The lowest BCUT2D eigenvalue weighted by Crippen LogP contribution is -2.14. The van der Waals surface area contributed by atoms with Crippen molar-refractivity contribution in [1.29, 1.82) is 5.26 Å². The van der Waals surface area contributed by atoms with E-state index >= 15 is 0 Å². The minimum atomic E-state index is -0.294. The first-order valence-corrected chi connectivity index (χ1v) is 5.99. The Kier molecular flexibility index (Phi) is 4.22. The van der Waals surface area contributed by atoms with Gasteiger partial charge in [-0.15, -0.1) is 0 Å². The van der Waals surface area contributed by atoms with Crippen molar-refractivity contribution in [2.75, 3.05) is 0 Å². The second-order valence-electron chi connectivity index (χ2n) is 4.32. The van der Waals surface area contributed by atoms with Crippen LogP contribution in [-0.2, 0) is 13.1 Å². The van der Waals surface area contributed by atoms with E-state index < -0.39 is 0 Å². The van der Waals surface area contributed by atoms with E-state index in [1.165, 1.54) is 12.1 Å². The van der Waals surface area contributed by atoms with Gasteiger partial charge >= 0.3 is 0 Å². The summed E-state index contributed by atoms with van der Waals surface area (Å²) < 4.78 is 13.6. The number of nitriles is 1. The van der Waals surface area contributed by atoms with Crippen molar-refractivity contribution in [3.8, 4) is 6.07 Å². The lowest BCUT2D eigenvalue weighted by molar-refractivity contribution is 0.587. The van der Waals surface area contributed by atoms with Gasteiger partial charge in [-0.2, -0.15) is 5.26 Å². The molecule has 0 aliphatic carbocycles. The van der Waals surface area contributed by atoms with Crippen molar-refractivity contribution in [1.82, 2.24) is 10.3 Å². The predicted octanol–water partition coefficient (Wildman–Crippen LogP) is 2.69. The van der Waals surface area contributed by atoms with E-state index in [1.54, 1.807) is 18.5 Å². The molecule has 0 atom stereocenters. The van der Waals surface area contributed by atoms with Crippen LogP contribution in [0.4, 0.5) is 4.39 Å². The molecule has 0 spiro atoms. The van der Waals surface area contributed by atoms with Crippen LogP contribution in [0.2, 0.25) is 0 Å². The Morgan fingerprint density at radius 1 is 1.26 bits per heavy atom. The summed E-state index contributed by atoms with van der Waals surface area (Å²) in [6.45, 7) is 3.02. The summed E-state index contributed by atoms with van der Waals surface area (Å²) in [4.78, 5) is 4.02. The number of pyridine rings is 1. The van der Waals surface area contributed by atoms with Crippen molar-refractivity contribution >= 4 is 0 Å². The van der Waals surface area contributed by atoms with Gasteiger partial charge in [0.2, 0.25) is 0 Å². The molecule has 2 rings (SSSR count). The van der Waals surface area contributed by atoms with Gasteiger partial charge in [0, 0.05) is 31.0 Å². The zero-order chi connectivity index (χ0) is 13.7. The summed E-state index contributed by atoms with van der Waals surface area (Å²) in [6, 6.07) is 8.32. The average molecular weight is 255 g/mol. The van der Waals surface area contributed by atoms with Crippen LogP contribution in [-0.4, -0.2) is 4.98 Å². The number of aryl methyl sites for hydroxylation is 1. The molecular formula is C15H14FN3. The molecule has 1 heterocycles. The van der Waals surface area contributed by atoms with Gasteiger partial charge in [0.1, 0.15) is 5.82 Å². The van der Waals surface area contributed by atoms with Crippen LogP contribution in [0.25, 0.3) is 0 Å². The predicted molar refractivity (Wildman–Crippen MR) is 70.6 cm³/mol. The molecule has 0 saturated heterocycles. The summed E-state index contributed by atoms with van der Waals surface area (Å²) in [5.74, 6) is -0.294. The molecule has 0 bridgehead atoms. The summed E-state index contributed by atoms with van der Waals surface area (Å²) in [6.07, 6.45) is 3.54. The molecule has 96 valence electrons. The normalized spacial score (nSPS) is 10.2. The molecule has 2 aromatic rings. The average Bonchev–Trinajstić information content (AvgIpc) is 2.43. The first-order valence-electron chi connectivity index (χ1n) is 5.99. The second kappa shape index (κ2) is 6.07. The van der Waals surface area contributed by atoms with E-state index in [4.69, 9.17) is 5.26 Å². The minimum absolute atomic E-state index is 0.294. The molecule has 0 fully saturated rings. The quantitative estimate of drug-likeness (QED) is 0.913. The highest BCUT2D eigenvalue weighted by atomic mass is 19.1. The third-order valence-electron chi connectivity index (χ3n) is 2.94. The lowest BCUT2D eigenvalue weighted by atomic mass is 10.1. The Morgan fingerprint density at radius 2 is 2.05 bits per heavy atom. The summed E-state index contributed by atoms with van der Waals surface area (Å²) in [5, 5.41) is 12.0. The van der Waals surface area contributed by atoms with Gasteiger partial charge in [0.05, 0.1) is 11.6 Å². The van der Waals surface area contributed by atoms with Crippen molar-refractivity contribution in [2.24, 2.45) is 0 Å². The fraction of sp³-hybridized carbons (Fsp3) is 0.200. The SMILES string of the molecule is Cc1cnccc1CNCc1cc(C#N)ccc1F. The van der Waals surface area contributed by atoms with Crippen molar-refractivity contribution in [3.63, 3.8) is 0 Å². The maximum atomic E-state index is 13.6.